The predicted molar refractivity (Wildman–Crippen MR) is 82.7 cm³/mol. The van der Waals surface area contributed by atoms with E-state index in [0.717, 1.165) is 18.8 Å². The van der Waals surface area contributed by atoms with E-state index in [-0.39, 0.29) is 6.16 Å². The summed E-state index contributed by atoms with van der Waals surface area (Å²) >= 11 is 0. The van der Waals surface area contributed by atoms with Gasteiger partial charge >= 0.3 is 0 Å². The fourth-order valence-corrected chi connectivity index (χ4v) is 3.28. The Morgan fingerprint density at radius 1 is 0.750 bits per heavy atom. The largest absolute Gasteiger partial charge is 0.811 e. The van der Waals surface area contributed by atoms with Gasteiger partial charge in [-0.15, -0.1) is 0 Å². The van der Waals surface area contributed by atoms with Crippen molar-refractivity contribution in [3.8, 4) is 0 Å². The van der Waals surface area contributed by atoms with Crippen LogP contribution in [0.3, 0.4) is 0 Å². The van der Waals surface area contributed by atoms with Gasteiger partial charge in [0, 0.05) is 0 Å². The van der Waals surface area contributed by atoms with E-state index < -0.39 is 7.60 Å². The van der Waals surface area contributed by atoms with E-state index in [1.165, 1.54) is 57.8 Å². The van der Waals surface area contributed by atoms with Crippen molar-refractivity contribution in [2.45, 2.75) is 90.9 Å². The maximum Gasteiger partial charge on any atom is -0.0250 e. The molecule has 0 rings (SSSR count). The van der Waals surface area contributed by atoms with Crippen LogP contribution in [0, 0.1) is 5.92 Å². The first-order valence-electron chi connectivity index (χ1n) is 8.50. The molecule has 0 aliphatic rings. The third kappa shape index (κ3) is 14.6. The van der Waals surface area contributed by atoms with Crippen molar-refractivity contribution in [2.75, 3.05) is 6.16 Å². The second kappa shape index (κ2) is 12.9. The van der Waals surface area contributed by atoms with Gasteiger partial charge < -0.3 is 14.4 Å². The third-order valence-corrected chi connectivity index (χ3v) is 5.06. The summed E-state index contributed by atoms with van der Waals surface area (Å²) < 4.78 is 10.4. The normalized spacial score (nSPS) is 12.2. The van der Waals surface area contributed by atoms with Crippen LogP contribution in [0.5, 0.6) is 0 Å². The van der Waals surface area contributed by atoms with Crippen LogP contribution in [-0.4, -0.2) is 6.16 Å². The minimum Gasteiger partial charge on any atom is -0.811 e. The Kier molecular flexibility index (Phi) is 13.0. The summed E-state index contributed by atoms with van der Waals surface area (Å²) in [6.45, 7) is 4.57. The summed E-state index contributed by atoms with van der Waals surface area (Å²) in [5.41, 5.74) is 0. The molecule has 0 unspecified atom stereocenters. The van der Waals surface area contributed by atoms with Crippen LogP contribution in [0.25, 0.3) is 0 Å². The molecule has 0 aromatic rings. The first-order chi connectivity index (χ1) is 9.49. The molecule has 0 radical (unpaired) electrons. The van der Waals surface area contributed by atoms with Gasteiger partial charge in [-0.05, 0) is 18.5 Å². The van der Waals surface area contributed by atoms with Crippen LogP contribution in [0.2, 0.25) is 0 Å². The first kappa shape index (κ1) is 20.1. The maximum atomic E-state index is 10.4. The van der Waals surface area contributed by atoms with Crippen LogP contribution in [0.1, 0.15) is 90.9 Å². The molecule has 122 valence electrons. The molecule has 0 aromatic heterocycles. The number of hydrogen-bond donors (Lipinski definition) is 0. The summed E-state index contributed by atoms with van der Waals surface area (Å²) in [6.07, 6.45) is 14.1. The number of rotatable bonds is 14. The summed E-state index contributed by atoms with van der Waals surface area (Å²) in [7, 11) is -4.25. The molecule has 0 bridgehead atoms. The fraction of sp³-hybridized carbons (Fsp3) is 1.00. The molecular weight excluding hydrogens is 271 g/mol. The van der Waals surface area contributed by atoms with Crippen LogP contribution >= 0.6 is 7.60 Å². The van der Waals surface area contributed by atoms with E-state index >= 15 is 0 Å². The number of hydrogen-bond acceptors (Lipinski definition) is 3. The van der Waals surface area contributed by atoms with Crippen molar-refractivity contribution in [3.63, 3.8) is 0 Å². The van der Waals surface area contributed by atoms with Crippen molar-refractivity contribution in [1.29, 1.82) is 0 Å². The summed E-state index contributed by atoms with van der Waals surface area (Å²) in [4.78, 5) is 20.9. The molecule has 0 fully saturated rings. The topological polar surface area (TPSA) is 63.2 Å². The van der Waals surface area contributed by atoms with Gasteiger partial charge in [-0.25, -0.2) is 0 Å². The van der Waals surface area contributed by atoms with Crippen LogP contribution < -0.4 is 9.79 Å². The highest BCUT2D eigenvalue weighted by Crippen LogP contribution is 2.25. The SMILES string of the molecule is CCC(CC)CCCCCCCCCCCP(=O)([O-])[O-]. The van der Waals surface area contributed by atoms with Crippen molar-refractivity contribution in [1.82, 2.24) is 0 Å². The quantitative estimate of drug-likeness (QED) is 0.356. The van der Waals surface area contributed by atoms with E-state index in [1.807, 2.05) is 0 Å². The summed E-state index contributed by atoms with van der Waals surface area (Å²) in [5.74, 6) is 0.924. The van der Waals surface area contributed by atoms with Gasteiger partial charge in [0.25, 0.3) is 0 Å². The average molecular weight is 304 g/mol. The lowest BCUT2D eigenvalue weighted by Crippen LogP contribution is -2.16. The van der Waals surface area contributed by atoms with Crippen LogP contribution in [0.15, 0.2) is 0 Å². The highest BCUT2D eigenvalue weighted by Gasteiger charge is 2.02. The zero-order valence-corrected chi connectivity index (χ0v) is 14.3. The molecule has 0 saturated carbocycles. The molecule has 0 aliphatic carbocycles. The van der Waals surface area contributed by atoms with Crippen molar-refractivity contribution in [3.05, 3.63) is 0 Å². The maximum absolute atomic E-state index is 10.4. The third-order valence-electron chi connectivity index (χ3n) is 4.20. The van der Waals surface area contributed by atoms with E-state index in [1.54, 1.807) is 0 Å². The molecule has 0 atom stereocenters. The molecule has 0 N–H and O–H groups in total. The van der Waals surface area contributed by atoms with Gasteiger partial charge in [-0.3, -0.25) is 0 Å². The Hall–Kier alpha value is 0.150. The lowest BCUT2D eigenvalue weighted by molar-refractivity contribution is -0.313. The van der Waals surface area contributed by atoms with Crippen molar-refractivity contribution in [2.24, 2.45) is 5.92 Å². The lowest BCUT2D eigenvalue weighted by Gasteiger charge is -2.29. The molecular formula is C16H33O3P-2. The number of unbranched alkanes of at least 4 members (excludes halogenated alkanes) is 8. The lowest BCUT2D eigenvalue weighted by atomic mass is 9.95. The molecule has 0 heterocycles. The van der Waals surface area contributed by atoms with E-state index in [9.17, 15) is 14.4 Å². The second-order valence-corrected chi connectivity index (χ2v) is 7.66. The zero-order valence-electron chi connectivity index (χ0n) is 13.4. The second-order valence-electron chi connectivity index (χ2n) is 5.99. The molecule has 20 heavy (non-hydrogen) atoms. The van der Waals surface area contributed by atoms with Crippen molar-refractivity contribution >= 4 is 7.60 Å². The molecule has 3 nitrogen and oxygen atoms in total. The minimum absolute atomic E-state index is 0.164. The Morgan fingerprint density at radius 3 is 1.55 bits per heavy atom. The molecule has 0 aromatic carbocycles. The van der Waals surface area contributed by atoms with Gasteiger partial charge in [0.05, 0.1) is 0 Å². The van der Waals surface area contributed by atoms with E-state index in [2.05, 4.69) is 13.8 Å². The monoisotopic (exact) mass is 304 g/mol. The smallest absolute Gasteiger partial charge is 0.0250 e. The van der Waals surface area contributed by atoms with Gasteiger partial charge in [0.2, 0.25) is 0 Å². The van der Waals surface area contributed by atoms with Crippen molar-refractivity contribution < 1.29 is 14.4 Å². The van der Waals surface area contributed by atoms with Gasteiger partial charge in [0.1, 0.15) is 0 Å². The predicted octanol–water partition coefficient (Wildman–Crippen LogP) is 4.24. The minimum atomic E-state index is -4.25. The highest BCUT2D eigenvalue weighted by molar-refractivity contribution is 7.48. The Bertz CT molecular complexity index is 246. The fourth-order valence-electron chi connectivity index (χ4n) is 2.67. The molecule has 4 heteroatoms. The molecule has 0 spiro atoms. The van der Waals surface area contributed by atoms with Gasteiger partial charge in [0.15, 0.2) is 0 Å². The van der Waals surface area contributed by atoms with Gasteiger partial charge in [-0.2, -0.15) is 0 Å². The summed E-state index contributed by atoms with van der Waals surface area (Å²) in [6, 6.07) is 0. The van der Waals surface area contributed by atoms with Gasteiger partial charge in [-0.1, -0.05) is 92.1 Å². The zero-order chi connectivity index (χ0) is 15.3. The molecule has 0 amide bonds. The Morgan fingerprint density at radius 2 is 1.15 bits per heavy atom. The highest BCUT2D eigenvalue weighted by atomic mass is 31.2. The summed E-state index contributed by atoms with van der Waals surface area (Å²) in [5, 5.41) is 0. The van der Waals surface area contributed by atoms with Crippen LogP contribution in [-0.2, 0) is 4.57 Å². The molecule has 0 saturated heterocycles. The standard InChI is InChI=1S/C16H35O3P/c1-3-16(4-2)14-12-10-8-6-5-7-9-11-13-15-20(17,18)19/h16H,3-15H2,1-2H3,(H2,17,18,19)/p-2. The molecule has 0 aliphatic heterocycles. The van der Waals surface area contributed by atoms with E-state index in [4.69, 9.17) is 0 Å². The first-order valence-corrected chi connectivity index (χ1v) is 10.2. The van der Waals surface area contributed by atoms with E-state index in [0.29, 0.717) is 6.42 Å². The average Bonchev–Trinajstić information content (AvgIpc) is 2.39. The van der Waals surface area contributed by atoms with Crippen LogP contribution in [0.4, 0.5) is 0 Å². The Labute approximate surface area is 125 Å². The Balaban J connectivity index is 3.15.